The fourth-order valence-corrected chi connectivity index (χ4v) is 0.727. The van der Waals surface area contributed by atoms with Crippen LogP contribution in [-0.2, 0) is 9.59 Å². The van der Waals surface area contributed by atoms with Crippen molar-refractivity contribution >= 4 is 18.1 Å². The largest absolute Gasteiger partial charge is 0.483 e. The summed E-state index contributed by atoms with van der Waals surface area (Å²) in [6.45, 7) is 3.04. The van der Waals surface area contributed by atoms with Gasteiger partial charge in [0.15, 0.2) is 0 Å². The molecule has 0 spiro atoms. The van der Waals surface area contributed by atoms with Gasteiger partial charge in [-0.1, -0.05) is 6.58 Å². The molecule has 0 heterocycles. The van der Waals surface area contributed by atoms with Gasteiger partial charge in [-0.15, -0.1) is 0 Å². The molecule has 2 N–H and O–H groups in total. The van der Waals surface area contributed by atoms with Gasteiger partial charge in [0.25, 0.3) is 6.47 Å². The maximum absolute atomic E-state index is 12.4. The number of carbonyl (C=O) groups is 2. The van der Waals surface area contributed by atoms with Crippen LogP contribution in [0, 0.1) is 5.82 Å². The Labute approximate surface area is 86.0 Å². The molecule has 5 heteroatoms. The van der Waals surface area contributed by atoms with E-state index in [0.29, 0.717) is 5.69 Å². The number of hydrogen-bond acceptors (Lipinski definition) is 2. The third-order valence-corrected chi connectivity index (χ3v) is 1.30. The van der Waals surface area contributed by atoms with Crippen LogP contribution in [0.2, 0.25) is 0 Å². The molecule has 0 unspecified atom stereocenters. The van der Waals surface area contributed by atoms with Gasteiger partial charge in [-0.05, 0) is 30.3 Å². The average Bonchev–Trinajstić information content (AvgIpc) is 2.22. The van der Waals surface area contributed by atoms with Gasteiger partial charge in [-0.25, -0.2) is 4.39 Å². The number of carbonyl (C=O) groups excluding carboxylic acids is 1. The predicted molar refractivity (Wildman–Crippen MR) is 53.9 cm³/mol. The molecule has 0 aliphatic carbocycles. The smallest absolute Gasteiger partial charge is 0.290 e. The first-order valence-corrected chi connectivity index (χ1v) is 3.91. The van der Waals surface area contributed by atoms with Crippen molar-refractivity contribution in [3.8, 4) is 0 Å². The highest BCUT2D eigenvalue weighted by Crippen LogP contribution is 2.07. The molecule has 1 aromatic carbocycles. The summed E-state index contributed by atoms with van der Waals surface area (Å²) < 4.78 is 12.4. The van der Waals surface area contributed by atoms with Crippen LogP contribution < -0.4 is 5.32 Å². The SMILES string of the molecule is C=CC(=O)Nc1ccc(F)cc1.O=CO. The summed E-state index contributed by atoms with van der Waals surface area (Å²) in [7, 11) is 0. The summed E-state index contributed by atoms with van der Waals surface area (Å²) in [4.78, 5) is 19.1. The first-order chi connectivity index (χ1) is 7.13. The second-order valence-corrected chi connectivity index (χ2v) is 2.31. The number of carboxylic acid groups (broad SMARTS) is 1. The van der Waals surface area contributed by atoms with E-state index in [1.54, 1.807) is 0 Å². The van der Waals surface area contributed by atoms with Crippen LogP contribution in [0.25, 0.3) is 0 Å². The number of rotatable bonds is 2. The Bertz CT molecular complexity index is 335. The maximum atomic E-state index is 12.4. The molecule has 15 heavy (non-hydrogen) atoms. The van der Waals surface area contributed by atoms with E-state index in [0.717, 1.165) is 6.08 Å². The van der Waals surface area contributed by atoms with E-state index in [4.69, 9.17) is 9.90 Å². The van der Waals surface area contributed by atoms with Crippen molar-refractivity contribution in [3.05, 3.63) is 42.7 Å². The highest BCUT2D eigenvalue weighted by Gasteiger charge is 1.95. The molecule has 0 fully saturated rings. The van der Waals surface area contributed by atoms with E-state index in [1.807, 2.05) is 0 Å². The van der Waals surface area contributed by atoms with Gasteiger partial charge < -0.3 is 10.4 Å². The Hall–Kier alpha value is -2.17. The minimum Gasteiger partial charge on any atom is -0.483 e. The van der Waals surface area contributed by atoms with E-state index in [1.165, 1.54) is 24.3 Å². The summed E-state index contributed by atoms with van der Waals surface area (Å²) in [6.07, 6.45) is 1.16. The number of benzene rings is 1. The highest BCUT2D eigenvalue weighted by atomic mass is 19.1. The number of halogens is 1. The molecule has 0 radical (unpaired) electrons. The van der Waals surface area contributed by atoms with E-state index in [9.17, 15) is 9.18 Å². The van der Waals surface area contributed by atoms with Gasteiger partial charge >= 0.3 is 0 Å². The first-order valence-electron chi connectivity index (χ1n) is 3.91. The van der Waals surface area contributed by atoms with Gasteiger partial charge in [0, 0.05) is 5.69 Å². The third kappa shape index (κ3) is 5.98. The molecule has 80 valence electrons. The van der Waals surface area contributed by atoms with E-state index < -0.39 is 0 Å². The molecule has 1 rings (SSSR count). The Morgan fingerprint density at radius 3 is 2.27 bits per heavy atom. The lowest BCUT2D eigenvalue weighted by Crippen LogP contribution is -2.06. The minimum absolute atomic E-state index is 0.250. The normalized spacial score (nSPS) is 8.07. The lowest BCUT2D eigenvalue weighted by atomic mass is 10.3. The van der Waals surface area contributed by atoms with Crippen molar-refractivity contribution in [2.45, 2.75) is 0 Å². The number of nitrogens with one attached hydrogen (secondary N) is 1. The highest BCUT2D eigenvalue weighted by molar-refractivity contribution is 5.98. The Morgan fingerprint density at radius 1 is 1.40 bits per heavy atom. The maximum Gasteiger partial charge on any atom is 0.290 e. The zero-order valence-electron chi connectivity index (χ0n) is 7.81. The molecule has 4 nitrogen and oxygen atoms in total. The number of amides is 1. The van der Waals surface area contributed by atoms with Crippen LogP contribution >= 0.6 is 0 Å². The Kier molecular flexibility index (Phi) is 6.20. The van der Waals surface area contributed by atoms with E-state index in [-0.39, 0.29) is 18.2 Å². The van der Waals surface area contributed by atoms with Gasteiger partial charge in [0.05, 0.1) is 0 Å². The second kappa shape index (κ2) is 7.25. The first kappa shape index (κ1) is 12.8. The fourth-order valence-electron chi connectivity index (χ4n) is 0.727. The second-order valence-electron chi connectivity index (χ2n) is 2.31. The van der Waals surface area contributed by atoms with Crippen molar-refractivity contribution in [2.75, 3.05) is 5.32 Å². The van der Waals surface area contributed by atoms with E-state index >= 15 is 0 Å². The van der Waals surface area contributed by atoms with Gasteiger partial charge in [-0.3, -0.25) is 9.59 Å². The van der Waals surface area contributed by atoms with Crippen LogP contribution in [0.1, 0.15) is 0 Å². The summed E-state index contributed by atoms with van der Waals surface area (Å²) >= 11 is 0. The number of hydrogen-bond donors (Lipinski definition) is 2. The standard InChI is InChI=1S/C9H8FNO.CH2O2/c1-2-9(12)11-8-5-3-7(10)4-6-8;2-1-3/h2-6H,1H2,(H,11,12);1H,(H,2,3). The summed E-state index contributed by atoms with van der Waals surface area (Å²) in [5.41, 5.74) is 0.557. The minimum atomic E-state index is -0.327. The van der Waals surface area contributed by atoms with Crippen molar-refractivity contribution in [1.82, 2.24) is 0 Å². The van der Waals surface area contributed by atoms with E-state index in [2.05, 4.69) is 11.9 Å². The molecule has 1 aromatic rings. The zero-order valence-corrected chi connectivity index (χ0v) is 7.81. The molecule has 0 saturated carbocycles. The lowest BCUT2D eigenvalue weighted by molar-refractivity contribution is -0.122. The van der Waals surface area contributed by atoms with Crippen molar-refractivity contribution in [3.63, 3.8) is 0 Å². The molecule has 0 bridgehead atoms. The van der Waals surface area contributed by atoms with Crippen LogP contribution in [0.15, 0.2) is 36.9 Å². The van der Waals surface area contributed by atoms with Crippen LogP contribution in [0.3, 0.4) is 0 Å². The quantitative estimate of drug-likeness (QED) is 0.577. The molecule has 0 aromatic heterocycles. The van der Waals surface area contributed by atoms with Crippen LogP contribution in [0.4, 0.5) is 10.1 Å². The summed E-state index contributed by atoms with van der Waals surface area (Å²) in [5.74, 6) is -0.631. The van der Waals surface area contributed by atoms with Gasteiger partial charge in [0.2, 0.25) is 5.91 Å². The molecule has 1 amide bonds. The fraction of sp³-hybridized carbons (Fsp3) is 0. The predicted octanol–water partition coefficient (Wildman–Crippen LogP) is 1.65. The molecular weight excluding hydrogens is 201 g/mol. The lowest BCUT2D eigenvalue weighted by Gasteiger charge is -1.99. The molecular formula is C10H10FNO3. The monoisotopic (exact) mass is 211 g/mol. The summed E-state index contributed by atoms with van der Waals surface area (Å²) in [5, 5.41) is 9.38. The molecule has 0 aliphatic heterocycles. The topological polar surface area (TPSA) is 66.4 Å². The van der Waals surface area contributed by atoms with Crippen LogP contribution in [0.5, 0.6) is 0 Å². The Morgan fingerprint density at radius 2 is 1.87 bits per heavy atom. The third-order valence-electron chi connectivity index (χ3n) is 1.30. The Balaban J connectivity index is 0.000000583. The molecule has 0 atom stereocenters. The van der Waals surface area contributed by atoms with Gasteiger partial charge in [0.1, 0.15) is 5.82 Å². The van der Waals surface area contributed by atoms with Crippen LogP contribution in [-0.4, -0.2) is 17.5 Å². The number of anilines is 1. The average molecular weight is 211 g/mol. The van der Waals surface area contributed by atoms with Gasteiger partial charge in [-0.2, -0.15) is 0 Å². The van der Waals surface area contributed by atoms with Crippen molar-refractivity contribution < 1.29 is 19.1 Å². The summed E-state index contributed by atoms with van der Waals surface area (Å²) in [6, 6.07) is 5.52. The van der Waals surface area contributed by atoms with Crippen molar-refractivity contribution in [2.24, 2.45) is 0 Å². The van der Waals surface area contributed by atoms with Crippen molar-refractivity contribution in [1.29, 1.82) is 0 Å². The molecule has 0 saturated heterocycles. The molecule has 0 aliphatic rings. The zero-order chi connectivity index (χ0) is 11.7.